The van der Waals surface area contributed by atoms with Crippen molar-refractivity contribution in [2.45, 2.75) is 19.0 Å². The van der Waals surface area contributed by atoms with E-state index in [4.69, 9.17) is 10.8 Å². The molecule has 0 fully saturated rings. The van der Waals surface area contributed by atoms with Gasteiger partial charge in [-0.15, -0.1) is 29.1 Å². The van der Waals surface area contributed by atoms with Crippen molar-refractivity contribution in [3.8, 4) is 23.7 Å². The molecule has 0 aliphatic heterocycles. The lowest BCUT2D eigenvalue weighted by atomic mass is 10.00. The molecule has 0 aliphatic rings. The van der Waals surface area contributed by atoms with Gasteiger partial charge >= 0.3 is 0 Å². The number of hydrogen-bond acceptors (Lipinski definition) is 7. The largest absolute Gasteiger partial charge is 0.444 e. The van der Waals surface area contributed by atoms with Crippen LogP contribution in [0.2, 0.25) is 0 Å². The Hall–Kier alpha value is -5.11. The fourth-order valence-electron chi connectivity index (χ4n) is 4.82. The molecule has 3 aromatic carbocycles. The maximum Gasteiger partial charge on any atom is 0.278 e. The minimum absolute atomic E-state index is 0.126. The molecule has 0 saturated heterocycles. The topological polar surface area (TPSA) is 88.3 Å². The summed E-state index contributed by atoms with van der Waals surface area (Å²) in [5, 5.41) is 7.75. The fraction of sp³-hybridized carbons (Fsp3) is 0.0909. The van der Waals surface area contributed by atoms with E-state index in [0.29, 0.717) is 22.0 Å². The highest BCUT2D eigenvalue weighted by Crippen LogP contribution is 2.38. The average Bonchev–Trinajstić information content (AvgIpc) is 3.81. The van der Waals surface area contributed by atoms with Gasteiger partial charge in [-0.25, -0.2) is 14.4 Å². The Labute approximate surface area is 254 Å². The number of fused-ring (bicyclic) bond motifs is 1. The second kappa shape index (κ2) is 12.0. The first-order chi connectivity index (χ1) is 20.9. The van der Waals surface area contributed by atoms with Crippen LogP contribution in [0.4, 0.5) is 10.1 Å². The number of thiophene rings is 1. The molecule has 212 valence electrons. The Morgan fingerprint density at radius 2 is 1.79 bits per heavy atom. The summed E-state index contributed by atoms with van der Waals surface area (Å²) in [6.07, 6.45) is 8.49. The molecule has 2 amide bonds. The number of carbonyl (C=O) groups excluding carboxylic acids is 2. The number of hydrogen-bond donors (Lipinski definition) is 1. The number of terminal acetylenes is 1. The van der Waals surface area contributed by atoms with Gasteiger partial charge in [0, 0.05) is 26.9 Å². The summed E-state index contributed by atoms with van der Waals surface area (Å²) in [4.78, 5) is 38.4. The van der Waals surface area contributed by atoms with Crippen LogP contribution in [-0.2, 0) is 4.79 Å². The molecule has 10 heteroatoms. The Kier molecular flexibility index (Phi) is 7.83. The van der Waals surface area contributed by atoms with Gasteiger partial charge in [0.05, 0.1) is 12.2 Å². The summed E-state index contributed by atoms with van der Waals surface area (Å²) in [5.41, 5.74) is 2.72. The molecule has 0 aliphatic carbocycles. The molecule has 6 rings (SSSR count). The van der Waals surface area contributed by atoms with Gasteiger partial charge in [-0.2, -0.15) is 0 Å². The van der Waals surface area contributed by atoms with Crippen LogP contribution < -0.4 is 10.2 Å². The van der Waals surface area contributed by atoms with Gasteiger partial charge in [0.2, 0.25) is 5.91 Å². The first-order valence-electron chi connectivity index (χ1n) is 13.2. The predicted octanol–water partition coefficient (Wildman–Crippen LogP) is 7.40. The number of nitrogens with zero attached hydrogens (tertiary/aromatic N) is 3. The van der Waals surface area contributed by atoms with E-state index in [1.54, 1.807) is 48.0 Å². The molecular formula is C33H23FN4O3S2. The Morgan fingerprint density at radius 3 is 2.49 bits per heavy atom. The second-order valence-corrected chi connectivity index (χ2v) is 11.4. The molecule has 3 aromatic heterocycles. The van der Waals surface area contributed by atoms with Crippen molar-refractivity contribution in [1.82, 2.24) is 15.3 Å². The molecule has 2 atom stereocenters. The van der Waals surface area contributed by atoms with E-state index < -0.39 is 23.9 Å². The maximum absolute atomic E-state index is 14.4. The summed E-state index contributed by atoms with van der Waals surface area (Å²) in [5.74, 6) is 1.76. The third kappa shape index (κ3) is 5.68. The summed E-state index contributed by atoms with van der Waals surface area (Å²) in [6.45, 7) is 1.81. The van der Waals surface area contributed by atoms with Crippen LogP contribution in [0.1, 0.15) is 45.6 Å². The summed E-state index contributed by atoms with van der Waals surface area (Å²) in [7, 11) is 0. The predicted molar refractivity (Wildman–Crippen MR) is 166 cm³/mol. The minimum atomic E-state index is -1.08. The van der Waals surface area contributed by atoms with Gasteiger partial charge in [0.15, 0.2) is 17.2 Å². The molecule has 1 N–H and O–H groups in total. The van der Waals surface area contributed by atoms with Crippen LogP contribution in [0.25, 0.3) is 21.4 Å². The normalized spacial score (nSPS) is 12.4. The van der Waals surface area contributed by atoms with E-state index in [2.05, 4.69) is 21.2 Å². The zero-order valence-corrected chi connectivity index (χ0v) is 24.4. The molecule has 0 spiro atoms. The summed E-state index contributed by atoms with van der Waals surface area (Å²) < 4.78 is 20.0. The smallest absolute Gasteiger partial charge is 0.278 e. The van der Waals surface area contributed by atoms with Crippen LogP contribution in [0.5, 0.6) is 0 Å². The number of carbonyl (C=O) groups is 2. The Bertz CT molecular complexity index is 1940. The van der Waals surface area contributed by atoms with Gasteiger partial charge in [-0.05, 0) is 71.6 Å². The van der Waals surface area contributed by atoms with Crippen LogP contribution in [0.3, 0.4) is 0 Å². The van der Waals surface area contributed by atoms with Gasteiger partial charge < -0.3 is 9.73 Å². The lowest BCUT2D eigenvalue weighted by Gasteiger charge is -2.32. The number of anilines is 1. The fourth-order valence-corrected chi connectivity index (χ4v) is 6.40. The van der Waals surface area contributed by atoms with Gasteiger partial charge in [0.25, 0.3) is 5.91 Å². The standard InChI is InChI=1S/C33H23FN4O3S2/c1-3-30-37-27(18-43-30)33(40)38(24-14-10-22(11-15-24)28-16-35-19-41-28)31(26-17-42-29-7-5-4-6-25(26)29)32(39)36-20(2)21-8-12-23(34)13-9-21/h1,4-20,31H,2H3,(H,36,39). The highest BCUT2D eigenvalue weighted by molar-refractivity contribution is 7.17. The number of aromatic nitrogens is 2. The van der Waals surface area contributed by atoms with E-state index in [0.717, 1.165) is 21.2 Å². The van der Waals surface area contributed by atoms with Crippen LogP contribution in [0, 0.1) is 18.2 Å². The van der Waals surface area contributed by atoms with Crippen molar-refractivity contribution >= 4 is 50.3 Å². The molecule has 43 heavy (non-hydrogen) atoms. The van der Waals surface area contributed by atoms with Crippen LogP contribution in [0.15, 0.2) is 101 Å². The highest BCUT2D eigenvalue weighted by Gasteiger charge is 2.36. The monoisotopic (exact) mass is 606 g/mol. The van der Waals surface area contributed by atoms with Crippen LogP contribution >= 0.6 is 22.7 Å². The van der Waals surface area contributed by atoms with Crippen molar-refractivity contribution < 1.29 is 18.4 Å². The summed E-state index contributed by atoms with van der Waals surface area (Å²) >= 11 is 2.66. The molecule has 6 aromatic rings. The van der Waals surface area contributed by atoms with E-state index in [1.165, 1.54) is 46.1 Å². The lowest BCUT2D eigenvalue weighted by molar-refractivity contribution is -0.123. The number of benzene rings is 3. The van der Waals surface area contributed by atoms with E-state index in [-0.39, 0.29) is 11.5 Å². The minimum Gasteiger partial charge on any atom is -0.444 e. The average molecular weight is 607 g/mol. The quantitative estimate of drug-likeness (QED) is 0.183. The molecule has 2 unspecified atom stereocenters. The van der Waals surface area contributed by atoms with Crippen molar-refractivity contribution in [3.05, 3.63) is 124 Å². The third-order valence-corrected chi connectivity index (χ3v) is 8.72. The molecular weight excluding hydrogens is 584 g/mol. The molecule has 0 bridgehead atoms. The number of halogens is 1. The second-order valence-electron chi connectivity index (χ2n) is 9.64. The van der Waals surface area contributed by atoms with Crippen LogP contribution in [-0.4, -0.2) is 21.8 Å². The number of nitrogens with one attached hydrogen (secondary N) is 1. The zero-order valence-electron chi connectivity index (χ0n) is 22.7. The number of oxazole rings is 1. The van der Waals surface area contributed by atoms with Crippen molar-refractivity contribution in [2.24, 2.45) is 0 Å². The van der Waals surface area contributed by atoms with E-state index in [1.807, 2.05) is 36.6 Å². The molecule has 0 saturated carbocycles. The number of thiazole rings is 1. The van der Waals surface area contributed by atoms with Gasteiger partial charge in [0.1, 0.15) is 17.6 Å². The number of rotatable bonds is 8. The highest BCUT2D eigenvalue weighted by atomic mass is 32.1. The maximum atomic E-state index is 14.4. The zero-order chi connectivity index (χ0) is 29.9. The molecule has 0 radical (unpaired) electrons. The van der Waals surface area contributed by atoms with Crippen molar-refractivity contribution in [2.75, 3.05) is 4.90 Å². The third-order valence-electron chi connectivity index (χ3n) is 6.97. The first-order valence-corrected chi connectivity index (χ1v) is 15.0. The van der Waals surface area contributed by atoms with E-state index >= 15 is 0 Å². The lowest BCUT2D eigenvalue weighted by Crippen LogP contribution is -2.44. The van der Waals surface area contributed by atoms with E-state index in [9.17, 15) is 14.0 Å². The van der Waals surface area contributed by atoms with Crippen molar-refractivity contribution in [3.63, 3.8) is 0 Å². The Morgan fingerprint density at radius 1 is 1.02 bits per heavy atom. The van der Waals surface area contributed by atoms with Gasteiger partial charge in [-0.3, -0.25) is 14.5 Å². The first kappa shape index (κ1) is 28.0. The molecule has 7 nitrogen and oxygen atoms in total. The Balaban J connectivity index is 1.48. The summed E-state index contributed by atoms with van der Waals surface area (Å²) in [6, 6.07) is 19.2. The SMILES string of the molecule is C#Cc1nc(C(=O)N(c2ccc(-c3cnco3)cc2)C(C(=O)NC(C)c2ccc(F)cc2)c2csc3ccccc23)cs1. The molecule has 3 heterocycles. The number of amides is 2. The van der Waals surface area contributed by atoms with Crippen molar-refractivity contribution in [1.29, 1.82) is 0 Å². The van der Waals surface area contributed by atoms with Gasteiger partial charge in [-0.1, -0.05) is 30.3 Å².